The van der Waals surface area contributed by atoms with Gasteiger partial charge in [0.25, 0.3) is 10.2 Å². The van der Waals surface area contributed by atoms with Gasteiger partial charge in [0.15, 0.2) is 0 Å². The molecule has 0 spiro atoms. The van der Waals surface area contributed by atoms with E-state index in [4.69, 9.17) is 0 Å². The Kier molecular flexibility index (Phi) is 5.51. The van der Waals surface area contributed by atoms with Crippen molar-refractivity contribution in [2.45, 2.75) is 44.6 Å². The van der Waals surface area contributed by atoms with E-state index in [1.165, 1.54) is 10.7 Å². The second-order valence-corrected chi connectivity index (χ2v) is 7.09. The van der Waals surface area contributed by atoms with E-state index in [1.807, 2.05) is 18.2 Å². The maximum atomic E-state index is 12.2. The average Bonchev–Trinajstić information content (AvgIpc) is 2.48. The van der Waals surface area contributed by atoms with Crippen molar-refractivity contribution >= 4 is 10.2 Å². The van der Waals surface area contributed by atoms with Gasteiger partial charge >= 0.3 is 0 Å². The van der Waals surface area contributed by atoms with Crippen LogP contribution < -0.4 is 4.72 Å². The average molecular weight is 297 g/mol. The normalized spacial score (nSPS) is 17.5. The molecule has 2 rings (SSSR count). The van der Waals surface area contributed by atoms with Crippen LogP contribution in [0.25, 0.3) is 0 Å². The predicted molar refractivity (Wildman–Crippen MR) is 79.5 cm³/mol. The van der Waals surface area contributed by atoms with Gasteiger partial charge in [-0.3, -0.25) is 4.98 Å². The molecule has 1 aliphatic rings. The molecule has 0 saturated heterocycles. The number of hydrogen-bond donors (Lipinski definition) is 1. The van der Waals surface area contributed by atoms with Crippen LogP contribution in [0.15, 0.2) is 24.4 Å². The molecule has 0 bridgehead atoms. The van der Waals surface area contributed by atoms with E-state index < -0.39 is 10.2 Å². The molecule has 0 radical (unpaired) electrons. The summed E-state index contributed by atoms with van der Waals surface area (Å²) in [4.78, 5) is 4.18. The zero-order valence-electron chi connectivity index (χ0n) is 12.0. The van der Waals surface area contributed by atoms with Crippen LogP contribution in [0.2, 0.25) is 0 Å². The molecule has 0 amide bonds. The molecule has 0 aliphatic heterocycles. The first-order chi connectivity index (χ1) is 9.59. The number of pyridine rings is 1. The van der Waals surface area contributed by atoms with E-state index in [0.717, 1.165) is 31.4 Å². The molecule has 5 nitrogen and oxygen atoms in total. The number of hydrogen-bond acceptors (Lipinski definition) is 3. The highest BCUT2D eigenvalue weighted by Gasteiger charge is 2.26. The number of nitrogens with zero attached hydrogens (tertiary/aromatic N) is 2. The lowest BCUT2D eigenvalue weighted by atomic mass is 9.96. The van der Waals surface area contributed by atoms with Crippen LogP contribution in [0.4, 0.5) is 0 Å². The zero-order chi connectivity index (χ0) is 14.4. The number of aromatic nitrogens is 1. The van der Waals surface area contributed by atoms with Gasteiger partial charge in [-0.15, -0.1) is 0 Å². The minimum atomic E-state index is -3.37. The predicted octanol–water partition coefficient (Wildman–Crippen LogP) is 1.72. The van der Waals surface area contributed by atoms with Gasteiger partial charge in [0.2, 0.25) is 0 Å². The monoisotopic (exact) mass is 297 g/mol. The Balaban J connectivity index is 1.83. The van der Waals surface area contributed by atoms with Crippen LogP contribution in [0.1, 0.15) is 37.8 Å². The fraction of sp³-hybridized carbons (Fsp3) is 0.643. The fourth-order valence-electron chi connectivity index (χ4n) is 2.60. The Labute approximate surface area is 121 Å². The third-order valence-corrected chi connectivity index (χ3v) is 5.49. The quantitative estimate of drug-likeness (QED) is 0.869. The molecule has 20 heavy (non-hydrogen) atoms. The van der Waals surface area contributed by atoms with E-state index >= 15 is 0 Å². The van der Waals surface area contributed by atoms with Crippen molar-refractivity contribution in [1.29, 1.82) is 0 Å². The maximum Gasteiger partial charge on any atom is 0.279 e. The molecule has 1 aromatic rings. The Morgan fingerprint density at radius 3 is 2.70 bits per heavy atom. The van der Waals surface area contributed by atoms with Gasteiger partial charge in [-0.25, -0.2) is 4.72 Å². The lowest BCUT2D eigenvalue weighted by molar-refractivity contribution is 0.283. The van der Waals surface area contributed by atoms with Gasteiger partial charge in [-0.1, -0.05) is 25.3 Å². The Hall–Kier alpha value is -0.980. The molecular formula is C14H23N3O2S. The van der Waals surface area contributed by atoms with Crippen LogP contribution in [0.5, 0.6) is 0 Å². The summed E-state index contributed by atoms with van der Waals surface area (Å²) in [5.74, 6) is 0. The molecule has 0 atom stereocenters. The van der Waals surface area contributed by atoms with Crippen molar-refractivity contribution in [3.05, 3.63) is 30.1 Å². The van der Waals surface area contributed by atoms with Gasteiger partial charge in [0.1, 0.15) is 0 Å². The molecule has 0 aromatic carbocycles. The molecule has 1 aromatic heterocycles. The molecule has 1 fully saturated rings. The summed E-state index contributed by atoms with van der Waals surface area (Å²) in [6, 6.07) is 5.81. The molecule has 112 valence electrons. The summed E-state index contributed by atoms with van der Waals surface area (Å²) in [6.07, 6.45) is 7.74. The van der Waals surface area contributed by atoms with Crippen LogP contribution in [-0.4, -0.2) is 37.3 Å². The summed E-state index contributed by atoms with van der Waals surface area (Å²) in [7, 11) is -1.69. The van der Waals surface area contributed by atoms with Crippen molar-refractivity contribution in [2.24, 2.45) is 0 Å². The van der Waals surface area contributed by atoms with E-state index in [2.05, 4.69) is 9.71 Å². The Bertz CT molecular complexity index is 498. The molecule has 6 heteroatoms. The summed E-state index contributed by atoms with van der Waals surface area (Å²) < 4.78 is 28.6. The highest BCUT2D eigenvalue weighted by atomic mass is 32.2. The molecule has 1 N–H and O–H groups in total. The first-order valence-corrected chi connectivity index (χ1v) is 8.66. The highest BCUT2D eigenvalue weighted by molar-refractivity contribution is 7.87. The third-order valence-electron chi connectivity index (χ3n) is 3.86. The van der Waals surface area contributed by atoms with Crippen LogP contribution in [0.3, 0.4) is 0 Å². The third kappa shape index (κ3) is 4.26. The standard InChI is InChI=1S/C14H23N3O2S/c1-17(14-8-3-2-4-9-14)20(18,19)16-12-10-13-7-5-6-11-15-13/h5-7,11,14,16H,2-4,8-10,12H2,1H3. The van der Waals surface area contributed by atoms with Crippen LogP contribution in [-0.2, 0) is 16.6 Å². The SMILES string of the molecule is CN(C1CCCCC1)S(=O)(=O)NCCc1ccccn1. The number of nitrogens with one attached hydrogen (secondary N) is 1. The summed E-state index contributed by atoms with van der Waals surface area (Å²) in [5, 5.41) is 0. The molecule has 1 heterocycles. The first kappa shape index (κ1) is 15.4. The van der Waals surface area contributed by atoms with Crippen LogP contribution >= 0.6 is 0 Å². The Morgan fingerprint density at radius 1 is 1.30 bits per heavy atom. The summed E-state index contributed by atoms with van der Waals surface area (Å²) >= 11 is 0. The van der Waals surface area contributed by atoms with Gasteiger partial charge in [-0.2, -0.15) is 12.7 Å². The second kappa shape index (κ2) is 7.15. The lowest BCUT2D eigenvalue weighted by Gasteiger charge is -2.30. The van der Waals surface area contributed by atoms with Gasteiger partial charge < -0.3 is 0 Å². The minimum Gasteiger partial charge on any atom is -0.261 e. The van der Waals surface area contributed by atoms with E-state index in [-0.39, 0.29) is 6.04 Å². The molecule has 1 aliphatic carbocycles. The van der Waals surface area contributed by atoms with Gasteiger partial charge in [-0.05, 0) is 25.0 Å². The van der Waals surface area contributed by atoms with Crippen LogP contribution in [0, 0.1) is 0 Å². The van der Waals surface area contributed by atoms with Crippen molar-refractivity contribution in [3.63, 3.8) is 0 Å². The molecule has 1 saturated carbocycles. The first-order valence-electron chi connectivity index (χ1n) is 7.22. The van der Waals surface area contributed by atoms with Crippen molar-refractivity contribution < 1.29 is 8.42 Å². The van der Waals surface area contributed by atoms with E-state index in [0.29, 0.717) is 13.0 Å². The molecular weight excluding hydrogens is 274 g/mol. The van der Waals surface area contributed by atoms with Crippen molar-refractivity contribution in [3.8, 4) is 0 Å². The van der Waals surface area contributed by atoms with E-state index in [1.54, 1.807) is 13.2 Å². The fourth-order valence-corrected chi connectivity index (χ4v) is 3.76. The summed E-state index contributed by atoms with van der Waals surface area (Å²) in [6.45, 7) is 0.385. The largest absolute Gasteiger partial charge is 0.279 e. The van der Waals surface area contributed by atoms with Gasteiger partial charge in [0, 0.05) is 37.9 Å². The topological polar surface area (TPSA) is 62.3 Å². The summed E-state index contributed by atoms with van der Waals surface area (Å²) in [5.41, 5.74) is 0.899. The minimum absolute atomic E-state index is 0.149. The molecule has 0 unspecified atom stereocenters. The zero-order valence-corrected chi connectivity index (χ0v) is 12.8. The number of rotatable bonds is 6. The smallest absolute Gasteiger partial charge is 0.261 e. The van der Waals surface area contributed by atoms with Gasteiger partial charge in [0.05, 0.1) is 0 Å². The highest BCUT2D eigenvalue weighted by Crippen LogP contribution is 2.22. The van der Waals surface area contributed by atoms with Crippen molar-refractivity contribution in [1.82, 2.24) is 14.0 Å². The Morgan fingerprint density at radius 2 is 2.05 bits per heavy atom. The van der Waals surface area contributed by atoms with E-state index in [9.17, 15) is 8.42 Å². The van der Waals surface area contributed by atoms with Crippen molar-refractivity contribution in [2.75, 3.05) is 13.6 Å². The maximum absolute atomic E-state index is 12.2. The second-order valence-electron chi connectivity index (χ2n) is 5.28. The lowest BCUT2D eigenvalue weighted by Crippen LogP contribution is -2.45.